The number of para-hydroxylation sites is 1. The largest absolute Gasteiger partial charge is 0.455 e. The van der Waals surface area contributed by atoms with Crippen LogP contribution in [-0.4, -0.2) is 10.1 Å². The second kappa shape index (κ2) is 5.69. The van der Waals surface area contributed by atoms with Crippen molar-refractivity contribution >= 4 is 10.9 Å². The molecule has 2 aromatic carbocycles. The Labute approximate surface area is 125 Å². The van der Waals surface area contributed by atoms with Gasteiger partial charge >= 0.3 is 0 Å². The van der Waals surface area contributed by atoms with Crippen LogP contribution >= 0.6 is 0 Å². The number of hydrogen-bond acceptors (Lipinski definition) is 3. The molecule has 5 heteroatoms. The second-order valence-corrected chi connectivity index (χ2v) is 4.91. The summed E-state index contributed by atoms with van der Waals surface area (Å²) in [6.45, 7) is 1.46. The number of aromatic nitrogens is 1. The standard InChI is InChI=1S/C17H13F2NO2/c1-10(21)16-13(18)5-3-7-15(16)22-12-8-11-4-2-6-14(19)17(11)20-9-12/h2-10,21H,1H3. The van der Waals surface area contributed by atoms with Gasteiger partial charge in [0.25, 0.3) is 0 Å². The van der Waals surface area contributed by atoms with Crippen molar-refractivity contribution in [1.29, 1.82) is 0 Å². The molecule has 0 bridgehead atoms. The Morgan fingerprint density at radius 2 is 1.82 bits per heavy atom. The normalized spacial score (nSPS) is 12.4. The molecular formula is C17H13F2NO2. The summed E-state index contributed by atoms with van der Waals surface area (Å²) in [6, 6.07) is 10.5. The Morgan fingerprint density at radius 1 is 1.09 bits per heavy atom. The van der Waals surface area contributed by atoms with Gasteiger partial charge in [0.2, 0.25) is 0 Å². The summed E-state index contributed by atoms with van der Waals surface area (Å²) in [7, 11) is 0. The van der Waals surface area contributed by atoms with Crippen molar-refractivity contribution in [3.05, 3.63) is 65.9 Å². The zero-order valence-corrected chi connectivity index (χ0v) is 11.8. The number of benzene rings is 2. The molecule has 1 unspecified atom stereocenters. The Balaban J connectivity index is 2.02. The first-order valence-corrected chi connectivity index (χ1v) is 6.75. The number of ether oxygens (including phenoxy) is 1. The number of rotatable bonds is 3. The zero-order valence-electron chi connectivity index (χ0n) is 11.8. The lowest BCUT2D eigenvalue weighted by Crippen LogP contribution is -2.00. The zero-order chi connectivity index (χ0) is 15.7. The number of pyridine rings is 1. The molecule has 3 aromatic rings. The monoisotopic (exact) mass is 301 g/mol. The molecule has 22 heavy (non-hydrogen) atoms. The van der Waals surface area contributed by atoms with Crippen LogP contribution in [0.2, 0.25) is 0 Å². The lowest BCUT2D eigenvalue weighted by molar-refractivity contribution is 0.190. The maximum Gasteiger partial charge on any atom is 0.149 e. The van der Waals surface area contributed by atoms with E-state index in [1.807, 2.05) is 0 Å². The number of aliphatic hydroxyl groups is 1. The summed E-state index contributed by atoms with van der Waals surface area (Å²) in [4.78, 5) is 4.02. The third-order valence-corrected chi connectivity index (χ3v) is 3.30. The van der Waals surface area contributed by atoms with Crippen molar-refractivity contribution in [2.75, 3.05) is 0 Å². The first kappa shape index (κ1) is 14.4. The quantitative estimate of drug-likeness (QED) is 0.781. The van der Waals surface area contributed by atoms with Crippen LogP contribution in [0.1, 0.15) is 18.6 Å². The van der Waals surface area contributed by atoms with Crippen molar-refractivity contribution in [2.24, 2.45) is 0 Å². The molecule has 0 aliphatic carbocycles. The van der Waals surface area contributed by atoms with Gasteiger partial charge in [-0.1, -0.05) is 18.2 Å². The van der Waals surface area contributed by atoms with Gasteiger partial charge in [0.1, 0.15) is 28.7 Å². The molecule has 0 radical (unpaired) electrons. The molecule has 0 saturated heterocycles. The van der Waals surface area contributed by atoms with E-state index < -0.39 is 17.7 Å². The van der Waals surface area contributed by atoms with Crippen LogP contribution in [-0.2, 0) is 0 Å². The van der Waals surface area contributed by atoms with E-state index in [4.69, 9.17) is 4.74 Å². The molecule has 0 aliphatic heterocycles. The van der Waals surface area contributed by atoms with Crippen LogP contribution in [0, 0.1) is 11.6 Å². The van der Waals surface area contributed by atoms with Gasteiger partial charge in [-0.15, -0.1) is 0 Å². The summed E-state index contributed by atoms with van der Waals surface area (Å²) >= 11 is 0. The maximum atomic E-state index is 13.8. The average Bonchev–Trinajstić information content (AvgIpc) is 2.47. The van der Waals surface area contributed by atoms with Crippen LogP contribution in [0.3, 0.4) is 0 Å². The van der Waals surface area contributed by atoms with Crippen LogP contribution < -0.4 is 4.74 Å². The van der Waals surface area contributed by atoms with Gasteiger partial charge in [0.15, 0.2) is 0 Å². The van der Waals surface area contributed by atoms with Crippen LogP contribution in [0.5, 0.6) is 11.5 Å². The number of aliphatic hydroxyl groups excluding tert-OH is 1. The van der Waals surface area contributed by atoms with Gasteiger partial charge in [0, 0.05) is 5.39 Å². The van der Waals surface area contributed by atoms with Gasteiger partial charge in [-0.25, -0.2) is 13.8 Å². The fourth-order valence-corrected chi connectivity index (χ4v) is 2.30. The molecule has 0 saturated carbocycles. The highest BCUT2D eigenvalue weighted by atomic mass is 19.1. The van der Waals surface area contributed by atoms with Gasteiger partial charge < -0.3 is 9.84 Å². The minimum Gasteiger partial charge on any atom is -0.455 e. The highest BCUT2D eigenvalue weighted by Gasteiger charge is 2.15. The summed E-state index contributed by atoms with van der Waals surface area (Å²) in [5.74, 6) is -0.426. The minimum absolute atomic E-state index is 0.0711. The number of fused-ring (bicyclic) bond motifs is 1. The SMILES string of the molecule is CC(O)c1c(F)cccc1Oc1cnc2c(F)cccc2c1. The molecule has 0 spiro atoms. The van der Waals surface area contributed by atoms with Crippen LogP contribution in [0.15, 0.2) is 48.7 Å². The molecule has 1 aromatic heterocycles. The number of halogens is 2. The molecule has 0 amide bonds. The minimum atomic E-state index is -1.01. The van der Waals surface area contributed by atoms with E-state index in [1.54, 1.807) is 24.3 Å². The van der Waals surface area contributed by atoms with Crippen LogP contribution in [0.25, 0.3) is 10.9 Å². The lowest BCUT2D eigenvalue weighted by Gasteiger charge is -2.14. The highest BCUT2D eigenvalue weighted by molar-refractivity contribution is 5.80. The smallest absolute Gasteiger partial charge is 0.149 e. The van der Waals surface area contributed by atoms with Gasteiger partial charge in [-0.05, 0) is 31.2 Å². The average molecular weight is 301 g/mol. The van der Waals surface area contributed by atoms with E-state index in [-0.39, 0.29) is 16.8 Å². The van der Waals surface area contributed by atoms with Gasteiger partial charge in [0.05, 0.1) is 17.9 Å². The second-order valence-electron chi connectivity index (χ2n) is 4.91. The lowest BCUT2D eigenvalue weighted by atomic mass is 10.1. The first-order chi connectivity index (χ1) is 10.6. The summed E-state index contributed by atoms with van der Waals surface area (Å²) in [6.07, 6.45) is 0.351. The molecule has 0 aliphatic rings. The van der Waals surface area contributed by atoms with E-state index >= 15 is 0 Å². The molecular weight excluding hydrogens is 288 g/mol. The molecule has 1 heterocycles. The topological polar surface area (TPSA) is 42.4 Å². The fourth-order valence-electron chi connectivity index (χ4n) is 2.30. The Bertz CT molecular complexity index is 834. The molecule has 112 valence electrons. The predicted octanol–water partition coefficient (Wildman–Crippen LogP) is 4.36. The van der Waals surface area contributed by atoms with Crippen molar-refractivity contribution in [2.45, 2.75) is 13.0 Å². The molecule has 1 atom stereocenters. The predicted molar refractivity (Wildman–Crippen MR) is 78.8 cm³/mol. The first-order valence-electron chi connectivity index (χ1n) is 6.75. The van der Waals surface area contributed by atoms with Crippen molar-refractivity contribution < 1.29 is 18.6 Å². The Kier molecular flexibility index (Phi) is 3.73. The van der Waals surface area contributed by atoms with Crippen molar-refractivity contribution in [1.82, 2.24) is 4.98 Å². The third-order valence-electron chi connectivity index (χ3n) is 3.30. The summed E-state index contributed by atoms with van der Waals surface area (Å²) in [5, 5.41) is 10.3. The number of nitrogens with zero attached hydrogens (tertiary/aromatic N) is 1. The molecule has 1 N–H and O–H groups in total. The van der Waals surface area contributed by atoms with E-state index in [9.17, 15) is 13.9 Å². The van der Waals surface area contributed by atoms with Gasteiger partial charge in [-0.3, -0.25) is 0 Å². The Hall–Kier alpha value is -2.53. The third kappa shape index (κ3) is 2.63. The van der Waals surface area contributed by atoms with Gasteiger partial charge in [-0.2, -0.15) is 0 Å². The molecule has 3 rings (SSSR count). The molecule has 3 nitrogen and oxygen atoms in total. The summed E-state index contributed by atoms with van der Waals surface area (Å²) < 4.78 is 33.0. The van der Waals surface area contributed by atoms with E-state index in [0.717, 1.165) is 0 Å². The van der Waals surface area contributed by atoms with E-state index in [0.29, 0.717) is 11.1 Å². The Morgan fingerprint density at radius 3 is 2.59 bits per heavy atom. The van der Waals surface area contributed by atoms with Crippen molar-refractivity contribution in [3.8, 4) is 11.5 Å². The highest BCUT2D eigenvalue weighted by Crippen LogP contribution is 2.32. The fraction of sp³-hybridized carbons (Fsp3) is 0.118. The molecule has 0 fully saturated rings. The summed E-state index contributed by atoms with van der Waals surface area (Å²) in [5.41, 5.74) is 0.312. The van der Waals surface area contributed by atoms with E-state index in [2.05, 4.69) is 4.98 Å². The number of hydrogen-bond donors (Lipinski definition) is 1. The van der Waals surface area contributed by atoms with Crippen LogP contribution in [0.4, 0.5) is 8.78 Å². The maximum absolute atomic E-state index is 13.8. The van der Waals surface area contributed by atoms with Crippen molar-refractivity contribution in [3.63, 3.8) is 0 Å². The van der Waals surface area contributed by atoms with E-state index in [1.165, 1.54) is 31.3 Å².